The lowest BCUT2D eigenvalue weighted by molar-refractivity contribution is -0.136. The maximum Gasteiger partial charge on any atom is 0.303 e. The van der Waals surface area contributed by atoms with Crippen LogP contribution in [-0.4, -0.2) is 11.1 Å². The molecule has 0 unspecified atom stereocenters. The fourth-order valence-corrected chi connectivity index (χ4v) is 1.77. The van der Waals surface area contributed by atoms with E-state index in [0.29, 0.717) is 20.6 Å². The zero-order chi connectivity index (χ0) is 10.7. The summed E-state index contributed by atoms with van der Waals surface area (Å²) in [4.78, 5) is 10.4. The van der Waals surface area contributed by atoms with Crippen LogP contribution in [0.3, 0.4) is 0 Å². The van der Waals surface area contributed by atoms with Gasteiger partial charge in [0.2, 0.25) is 0 Å². The van der Waals surface area contributed by atoms with Crippen molar-refractivity contribution >= 4 is 40.8 Å². The molecule has 0 spiro atoms. The van der Waals surface area contributed by atoms with E-state index in [-0.39, 0.29) is 12.8 Å². The number of halogens is 3. The molecule has 0 aliphatic carbocycles. The second-order valence-corrected chi connectivity index (χ2v) is 3.91. The summed E-state index contributed by atoms with van der Waals surface area (Å²) in [6.45, 7) is 0. The lowest BCUT2D eigenvalue weighted by atomic mass is 10.1. The normalized spacial score (nSPS) is 10.2. The topological polar surface area (TPSA) is 37.3 Å². The molecule has 14 heavy (non-hydrogen) atoms. The summed E-state index contributed by atoms with van der Waals surface area (Å²) in [6, 6.07) is 3.18. The van der Waals surface area contributed by atoms with Crippen molar-refractivity contribution in [3.05, 3.63) is 32.8 Å². The minimum Gasteiger partial charge on any atom is -0.481 e. The van der Waals surface area contributed by atoms with E-state index in [1.807, 2.05) is 0 Å². The lowest BCUT2D eigenvalue weighted by Gasteiger charge is -2.06. The molecule has 0 aromatic heterocycles. The van der Waals surface area contributed by atoms with Gasteiger partial charge in [-0.2, -0.15) is 0 Å². The van der Waals surface area contributed by atoms with Crippen LogP contribution >= 0.6 is 34.8 Å². The summed E-state index contributed by atoms with van der Waals surface area (Å²) >= 11 is 17.5. The molecule has 76 valence electrons. The van der Waals surface area contributed by atoms with Crippen molar-refractivity contribution in [1.82, 2.24) is 0 Å². The predicted molar refractivity (Wildman–Crippen MR) is 57.4 cm³/mol. The van der Waals surface area contributed by atoms with Crippen LogP contribution in [0.5, 0.6) is 0 Å². The predicted octanol–water partition coefficient (Wildman–Crippen LogP) is 3.66. The van der Waals surface area contributed by atoms with E-state index in [4.69, 9.17) is 39.9 Å². The maximum absolute atomic E-state index is 10.4. The van der Waals surface area contributed by atoms with Crippen LogP contribution in [0.4, 0.5) is 0 Å². The van der Waals surface area contributed by atoms with E-state index in [1.54, 1.807) is 12.1 Å². The van der Waals surface area contributed by atoms with E-state index in [2.05, 4.69) is 0 Å². The van der Waals surface area contributed by atoms with Crippen LogP contribution < -0.4 is 0 Å². The Bertz CT molecular complexity index is 363. The van der Waals surface area contributed by atoms with Crippen molar-refractivity contribution in [2.45, 2.75) is 12.8 Å². The molecule has 0 aliphatic heterocycles. The first-order valence-corrected chi connectivity index (χ1v) is 5.00. The minimum absolute atomic E-state index is 0.0141. The van der Waals surface area contributed by atoms with E-state index in [1.165, 1.54) is 0 Å². The number of carboxylic acids is 1. The first kappa shape index (κ1) is 11.6. The minimum atomic E-state index is -0.892. The molecule has 1 aromatic carbocycles. The maximum atomic E-state index is 10.4. The molecule has 0 aliphatic rings. The van der Waals surface area contributed by atoms with Crippen molar-refractivity contribution in [2.75, 3.05) is 0 Å². The largest absolute Gasteiger partial charge is 0.481 e. The molecule has 0 bridgehead atoms. The molecule has 0 heterocycles. The lowest BCUT2D eigenvalue weighted by Crippen LogP contribution is -1.98. The second-order valence-electron chi connectivity index (χ2n) is 2.72. The smallest absolute Gasteiger partial charge is 0.303 e. The van der Waals surface area contributed by atoms with Gasteiger partial charge in [-0.3, -0.25) is 4.79 Å². The van der Waals surface area contributed by atoms with Gasteiger partial charge < -0.3 is 5.11 Å². The zero-order valence-corrected chi connectivity index (χ0v) is 9.33. The van der Waals surface area contributed by atoms with Crippen molar-refractivity contribution < 1.29 is 9.90 Å². The van der Waals surface area contributed by atoms with Gasteiger partial charge in [-0.05, 0) is 24.1 Å². The first-order chi connectivity index (χ1) is 6.52. The average molecular weight is 254 g/mol. The Morgan fingerprint density at radius 2 is 1.79 bits per heavy atom. The number of hydrogen-bond acceptors (Lipinski definition) is 1. The zero-order valence-electron chi connectivity index (χ0n) is 7.06. The Hall–Kier alpha value is -0.440. The molecule has 0 atom stereocenters. The van der Waals surface area contributed by atoms with Crippen LogP contribution in [0.25, 0.3) is 0 Å². The Kier molecular flexibility index (Phi) is 4.05. The Morgan fingerprint density at radius 1 is 1.21 bits per heavy atom. The summed E-state index contributed by atoms with van der Waals surface area (Å²) in [7, 11) is 0. The van der Waals surface area contributed by atoms with Crippen LogP contribution in [0.2, 0.25) is 15.1 Å². The summed E-state index contributed by atoms with van der Waals surface area (Å²) in [5, 5.41) is 9.67. The van der Waals surface area contributed by atoms with Crippen molar-refractivity contribution in [3.63, 3.8) is 0 Å². The fourth-order valence-electron chi connectivity index (χ4n) is 1.03. The SMILES string of the molecule is O=C(O)CCc1c(Cl)ccc(Cl)c1Cl. The van der Waals surface area contributed by atoms with Gasteiger partial charge in [0, 0.05) is 11.4 Å². The van der Waals surface area contributed by atoms with Gasteiger partial charge in [0.15, 0.2) is 0 Å². The van der Waals surface area contributed by atoms with Gasteiger partial charge in [-0.15, -0.1) is 0 Å². The highest BCUT2D eigenvalue weighted by molar-refractivity contribution is 6.44. The van der Waals surface area contributed by atoms with Gasteiger partial charge in [-0.1, -0.05) is 34.8 Å². The van der Waals surface area contributed by atoms with E-state index in [0.717, 1.165) is 0 Å². The molecule has 0 radical (unpaired) electrons. The highest BCUT2D eigenvalue weighted by Gasteiger charge is 2.10. The molecule has 5 heteroatoms. The van der Waals surface area contributed by atoms with Gasteiger partial charge in [0.05, 0.1) is 10.0 Å². The standard InChI is InChI=1S/C9H7Cl3O2/c10-6-2-3-7(11)9(12)5(6)1-4-8(13)14/h2-3H,1,4H2,(H,13,14). The number of benzene rings is 1. The van der Waals surface area contributed by atoms with Crippen LogP contribution in [-0.2, 0) is 11.2 Å². The quantitative estimate of drug-likeness (QED) is 0.835. The highest BCUT2D eigenvalue weighted by atomic mass is 35.5. The fraction of sp³-hybridized carbons (Fsp3) is 0.222. The summed E-state index contributed by atoms with van der Waals surface area (Å²) in [6.07, 6.45) is 0.271. The third-order valence-electron chi connectivity index (χ3n) is 1.73. The van der Waals surface area contributed by atoms with E-state index >= 15 is 0 Å². The van der Waals surface area contributed by atoms with Gasteiger partial charge in [0.1, 0.15) is 0 Å². The number of aliphatic carboxylic acids is 1. The molecule has 1 aromatic rings. The van der Waals surface area contributed by atoms with Gasteiger partial charge >= 0.3 is 5.97 Å². The molecule has 0 fully saturated rings. The molecular weight excluding hydrogens is 246 g/mol. The molecule has 0 amide bonds. The van der Waals surface area contributed by atoms with Crippen LogP contribution in [0, 0.1) is 0 Å². The number of carboxylic acid groups (broad SMARTS) is 1. The summed E-state index contributed by atoms with van der Waals surface area (Å²) in [5.74, 6) is -0.892. The Morgan fingerprint density at radius 3 is 2.36 bits per heavy atom. The van der Waals surface area contributed by atoms with Crippen LogP contribution in [0.1, 0.15) is 12.0 Å². The molecule has 1 rings (SSSR count). The molecule has 0 saturated heterocycles. The third-order valence-corrected chi connectivity index (χ3v) is 2.93. The number of carbonyl (C=O) groups is 1. The third kappa shape index (κ3) is 2.77. The van der Waals surface area contributed by atoms with Gasteiger partial charge in [0.25, 0.3) is 0 Å². The average Bonchev–Trinajstić information content (AvgIpc) is 2.11. The molecule has 0 saturated carbocycles. The van der Waals surface area contributed by atoms with E-state index < -0.39 is 5.97 Å². The Balaban J connectivity index is 2.95. The monoisotopic (exact) mass is 252 g/mol. The van der Waals surface area contributed by atoms with Crippen molar-refractivity contribution in [3.8, 4) is 0 Å². The van der Waals surface area contributed by atoms with Crippen LogP contribution in [0.15, 0.2) is 12.1 Å². The highest BCUT2D eigenvalue weighted by Crippen LogP contribution is 2.32. The molecule has 1 N–H and O–H groups in total. The summed E-state index contributed by atoms with van der Waals surface area (Å²) < 4.78 is 0. The van der Waals surface area contributed by atoms with Crippen molar-refractivity contribution in [2.24, 2.45) is 0 Å². The van der Waals surface area contributed by atoms with E-state index in [9.17, 15) is 4.79 Å². The number of hydrogen-bond donors (Lipinski definition) is 1. The first-order valence-electron chi connectivity index (χ1n) is 3.86. The Labute approximate surface area is 96.4 Å². The number of rotatable bonds is 3. The molecule has 2 nitrogen and oxygen atoms in total. The summed E-state index contributed by atoms with van der Waals surface area (Å²) in [5.41, 5.74) is 0.586. The van der Waals surface area contributed by atoms with Crippen molar-refractivity contribution in [1.29, 1.82) is 0 Å². The second kappa shape index (κ2) is 4.87. The van der Waals surface area contributed by atoms with Gasteiger partial charge in [-0.25, -0.2) is 0 Å². The molecular formula is C9H7Cl3O2.